The highest BCUT2D eigenvalue weighted by Crippen LogP contribution is 1.79. The van der Waals surface area contributed by atoms with E-state index in [-0.39, 0.29) is 0 Å². The highest BCUT2D eigenvalue weighted by Gasteiger charge is 1.73. The summed E-state index contributed by atoms with van der Waals surface area (Å²) >= 11 is 0. The summed E-state index contributed by atoms with van der Waals surface area (Å²) in [6.45, 7) is 0. The van der Waals surface area contributed by atoms with Crippen LogP contribution in [0.2, 0.25) is 0 Å². The summed E-state index contributed by atoms with van der Waals surface area (Å²) in [7, 11) is 3.10. The molecule has 0 amide bonds. The Morgan fingerprint density at radius 2 is 2.43 bits per heavy atom. The number of nitrogens with two attached hydrogens (primary N) is 1. The topological polar surface area (TPSA) is 64.6 Å². The molecule has 0 aliphatic heterocycles. The smallest absolute Gasteiger partial charge is 0.0114 e. The summed E-state index contributed by atoms with van der Waals surface area (Å²) in [6.07, 6.45) is 0. The molecule has 0 aromatic heterocycles. The number of hydrogen-bond acceptors (Lipinski definition) is 4. The van der Waals surface area contributed by atoms with Gasteiger partial charge in [-0.3, -0.25) is 5.84 Å². The van der Waals surface area contributed by atoms with E-state index >= 15 is 0 Å². The van der Waals surface area contributed by atoms with Crippen LogP contribution in [0.25, 0.3) is 5.43 Å². The summed E-state index contributed by atoms with van der Waals surface area (Å²) in [5.74, 6) is 4.97. The third-order valence-electron chi connectivity index (χ3n) is 0.382. The average Bonchev–Trinajstić information content (AvgIpc) is 1.68. The summed E-state index contributed by atoms with van der Waals surface area (Å²) in [6, 6.07) is 0. The molecular weight excluding hydrogens is 96.0 g/mol. The van der Waals surface area contributed by atoms with Crippen molar-refractivity contribution in [1.29, 1.82) is 0 Å². The van der Waals surface area contributed by atoms with Crippen molar-refractivity contribution in [2.24, 2.45) is 5.84 Å². The Balaban J connectivity index is 2.83. The van der Waals surface area contributed by atoms with Crippen molar-refractivity contribution in [3.05, 3.63) is 5.43 Å². The Hall–Kier alpha value is -0.200. The molecule has 0 saturated carbocycles. The van der Waals surface area contributed by atoms with Gasteiger partial charge in [0.05, 0.1) is 0 Å². The van der Waals surface area contributed by atoms with Crippen LogP contribution in [0.4, 0.5) is 0 Å². The number of nitrogens with one attached hydrogen (secondary N) is 1. The summed E-state index contributed by atoms with van der Waals surface area (Å²) in [4.78, 5) is 4.39. The van der Waals surface area contributed by atoms with E-state index in [1.54, 1.807) is 7.05 Å². The number of rotatable bonds is 3. The van der Waals surface area contributed by atoms with Crippen molar-refractivity contribution in [2.75, 3.05) is 14.1 Å². The highest BCUT2D eigenvalue weighted by molar-refractivity contribution is 4.48. The Morgan fingerprint density at radius 3 is 2.57 bits per heavy atom. The molecule has 0 aliphatic rings. The lowest BCUT2D eigenvalue weighted by Crippen LogP contribution is -2.31. The second kappa shape index (κ2) is 3.97. The first-order chi connectivity index (χ1) is 3.31. The highest BCUT2D eigenvalue weighted by atomic mass is 16.9. The molecule has 0 saturated heterocycles. The molecule has 0 heterocycles. The lowest BCUT2D eigenvalue weighted by Gasteiger charge is -2.24. The van der Waals surface area contributed by atoms with E-state index in [4.69, 9.17) is 5.84 Å². The van der Waals surface area contributed by atoms with E-state index in [1.165, 1.54) is 7.05 Å². The Morgan fingerprint density at radius 1 is 1.86 bits per heavy atom. The third-order valence-corrected chi connectivity index (χ3v) is 0.382. The fraction of sp³-hybridized carbons (Fsp3) is 1.00. The van der Waals surface area contributed by atoms with Gasteiger partial charge >= 0.3 is 0 Å². The van der Waals surface area contributed by atoms with Crippen molar-refractivity contribution >= 4 is 0 Å². The van der Waals surface area contributed by atoms with Crippen molar-refractivity contribution < 1.29 is 4.94 Å². The first-order valence-corrected chi connectivity index (χ1v) is 1.79. The zero-order valence-corrected chi connectivity index (χ0v) is 4.38. The summed E-state index contributed by atoms with van der Waals surface area (Å²) < 4.78 is 0. The van der Waals surface area contributed by atoms with Crippen molar-refractivity contribution in [1.82, 2.24) is 10.8 Å². The largest absolute Gasteiger partial charge is 0.555 e. The van der Waals surface area contributed by atoms with E-state index in [0.717, 1.165) is 5.28 Å². The van der Waals surface area contributed by atoms with Crippen LogP contribution < -0.4 is 11.3 Å². The predicted octanol–water partition coefficient (Wildman–Crippen LogP) is -0.853. The molecule has 0 fully saturated rings. The second-order valence-corrected chi connectivity index (χ2v) is 0.798. The van der Waals surface area contributed by atoms with Crippen LogP contribution in [0.3, 0.4) is 0 Å². The van der Waals surface area contributed by atoms with E-state index in [9.17, 15) is 0 Å². The van der Waals surface area contributed by atoms with E-state index in [1.807, 2.05) is 0 Å². The normalized spacial score (nSPS) is 10.3. The van der Waals surface area contributed by atoms with E-state index < -0.39 is 0 Å². The van der Waals surface area contributed by atoms with Crippen LogP contribution in [0.1, 0.15) is 0 Å². The van der Waals surface area contributed by atoms with Crippen LogP contribution in [0.15, 0.2) is 0 Å². The predicted molar refractivity (Wildman–Crippen MR) is 25.5 cm³/mol. The monoisotopic (exact) mass is 105 g/mol. The molecule has 0 aromatic rings. The van der Waals surface area contributed by atoms with Gasteiger partial charge in [-0.2, -0.15) is 5.48 Å². The summed E-state index contributed by atoms with van der Waals surface area (Å²) in [5.41, 5.74) is 5.73. The Labute approximate surface area is 42.3 Å². The van der Waals surface area contributed by atoms with Gasteiger partial charge in [0.2, 0.25) is 0 Å². The van der Waals surface area contributed by atoms with Crippen molar-refractivity contribution in [3.63, 3.8) is 0 Å². The van der Waals surface area contributed by atoms with Crippen LogP contribution in [0.5, 0.6) is 0 Å². The van der Waals surface area contributed by atoms with Gasteiger partial charge in [-0.25, -0.2) is 10.2 Å². The maximum Gasteiger partial charge on any atom is 0.0114 e. The molecule has 0 unspecified atom stereocenters. The van der Waals surface area contributed by atoms with Crippen LogP contribution >= 0.6 is 0 Å². The maximum atomic E-state index is 4.97. The second-order valence-electron chi connectivity index (χ2n) is 0.798. The van der Waals surface area contributed by atoms with Crippen LogP contribution in [-0.2, 0) is 4.94 Å². The SMILES string of the molecule is C[N-]N(N)ONC. The van der Waals surface area contributed by atoms with Crippen molar-refractivity contribution in [2.45, 2.75) is 0 Å². The average molecular weight is 105 g/mol. The minimum atomic E-state index is 0.819. The fourth-order valence-corrected chi connectivity index (χ4v) is 0.134. The van der Waals surface area contributed by atoms with Gasteiger partial charge in [-0.1, -0.05) is 0 Å². The molecular formula is C2H9N4O-. The molecule has 7 heavy (non-hydrogen) atoms. The molecule has 0 radical (unpaired) electrons. The lowest BCUT2D eigenvalue weighted by molar-refractivity contribution is -0.181. The Kier molecular flexibility index (Phi) is 3.86. The standard InChI is InChI=1S/C2H9N4O/c1-4-6(3)7-5-2/h5H,3H2,1-2H3/q-1. The molecule has 44 valence electrons. The van der Waals surface area contributed by atoms with Crippen LogP contribution in [0, 0.1) is 0 Å². The molecule has 0 rings (SSSR count). The molecule has 0 spiro atoms. The molecule has 0 atom stereocenters. The van der Waals surface area contributed by atoms with Gasteiger partial charge < -0.3 is 5.43 Å². The third kappa shape index (κ3) is 3.64. The van der Waals surface area contributed by atoms with E-state index in [0.29, 0.717) is 0 Å². The number of hydrogen-bond donors (Lipinski definition) is 2. The van der Waals surface area contributed by atoms with Crippen molar-refractivity contribution in [3.8, 4) is 0 Å². The first-order valence-electron chi connectivity index (χ1n) is 1.79. The number of hydrazine groups is 1. The van der Waals surface area contributed by atoms with Gasteiger partial charge in [-0.15, -0.1) is 7.05 Å². The van der Waals surface area contributed by atoms with Gasteiger partial charge in [0.1, 0.15) is 0 Å². The maximum absolute atomic E-state index is 4.97. The fourth-order valence-electron chi connectivity index (χ4n) is 0.134. The quantitative estimate of drug-likeness (QED) is 0.362. The Bertz CT molecular complexity index is 40.7. The van der Waals surface area contributed by atoms with Crippen LogP contribution in [-0.4, -0.2) is 19.4 Å². The molecule has 0 aliphatic carbocycles. The summed E-state index contributed by atoms with van der Waals surface area (Å²) in [5, 5.41) is 0.819. The van der Waals surface area contributed by atoms with Gasteiger partial charge in [0.25, 0.3) is 0 Å². The van der Waals surface area contributed by atoms with Gasteiger partial charge in [0.15, 0.2) is 0 Å². The number of nitrogens with zero attached hydrogens (tertiary/aromatic N) is 2. The zero-order valence-electron chi connectivity index (χ0n) is 4.38. The molecule has 0 bridgehead atoms. The van der Waals surface area contributed by atoms with Gasteiger partial charge in [0, 0.05) is 7.05 Å². The van der Waals surface area contributed by atoms with E-state index in [2.05, 4.69) is 15.8 Å². The molecule has 5 nitrogen and oxygen atoms in total. The first kappa shape index (κ1) is 6.80. The van der Waals surface area contributed by atoms with Gasteiger partial charge in [-0.05, 0) is 0 Å². The zero-order chi connectivity index (χ0) is 5.70. The lowest BCUT2D eigenvalue weighted by atomic mass is 11.5. The molecule has 5 heteroatoms. The minimum absolute atomic E-state index is 0.819. The number of hydroxylamine groups is 1. The minimum Gasteiger partial charge on any atom is -0.555 e. The molecule has 0 aromatic carbocycles. The molecule has 3 N–H and O–H groups in total.